The summed E-state index contributed by atoms with van der Waals surface area (Å²) in [6, 6.07) is 11.2. The first-order valence-corrected chi connectivity index (χ1v) is 11.1. The molecule has 0 aliphatic carbocycles. The van der Waals surface area contributed by atoms with Gasteiger partial charge in [0.15, 0.2) is 0 Å². The molecule has 2 aromatic carbocycles. The molecule has 11 heteroatoms. The van der Waals surface area contributed by atoms with Crippen molar-refractivity contribution in [3.05, 3.63) is 82.7 Å². The van der Waals surface area contributed by atoms with Crippen molar-refractivity contribution in [2.24, 2.45) is 0 Å². The van der Waals surface area contributed by atoms with Gasteiger partial charge in [0.2, 0.25) is 0 Å². The zero-order valence-corrected chi connectivity index (χ0v) is 18.3. The summed E-state index contributed by atoms with van der Waals surface area (Å²) >= 11 is 0. The molecule has 35 heavy (non-hydrogen) atoms. The van der Waals surface area contributed by atoms with Crippen molar-refractivity contribution in [1.29, 1.82) is 0 Å². The minimum atomic E-state index is -4.91. The molecule has 3 heterocycles. The minimum Gasteiger partial charge on any atom is -0.371 e. The van der Waals surface area contributed by atoms with E-state index < -0.39 is 35.1 Å². The molecular weight excluding hydrogens is 474 g/mol. The van der Waals surface area contributed by atoms with Gasteiger partial charge in [0, 0.05) is 12.0 Å². The van der Waals surface area contributed by atoms with Crippen molar-refractivity contribution in [2.45, 2.75) is 61.8 Å². The summed E-state index contributed by atoms with van der Waals surface area (Å²) in [6.07, 6.45) is -6.70. The summed E-state index contributed by atoms with van der Waals surface area (Å²) in [5.41, 5.74) is -1.80. The lowest BCUT2D eigenvalue weighted by atomic mass is 9.79. The van der Waals surface area contributed by atoms with Gasteiger partial charge in [-0.15, -0.1) is 0 Å². The van der Waals surface area contributed by atoms with Crippen LogP contribution in [-0.2, 0) is 29.2 Å². The Kier molecular flexibility index (Phi) is 5.87. The first-order valence-electron chi connectivity index (χ1n) is 11.1. The molecule has 0 saturated carbocycles. The number of aromatic amines is 1. The van der Waals surface area contributed by atoms with Crippen LogP contribution < -0.4 is 5.32 Å². The highest BCUT2D eigenvalue weighted by atomic mass is 19.4. The van der Waals surface area contributed by atoms with Crippen molar-refractivity contribution < 1.29 is 31.1 Å². The molecule has 5 nitrogen and oxygen atoms in total. The highest BCUT2D eigenvalue weighted by Crippen LogP contribution is 2.50. The standard InChI is InChI=1S/C24H22F6N4O/c25-23(26,27)16-8-14(9-17(10-16)24(28,29)30)13-35-21-7-6-19-18(20-12-31-34-33-20)11-22(21,32-19)15-4-2-1-3-5-15/h1-5,8-10,12,18-19,21,32H,6-7,11,13H2,(H,31,33,34). The monoisotopic (exact) mass is 496 g/mol. The number of H-pyrrole nitrogens is 1. The molecule has 1 aromatic heterocycles. The molecule has 4 unspecified atom stereocenters. The van der Waals surface area contributed by atoms with E-state index in [0.29, 0.717) is 19.3 Å². The fraction of sp³-hybridized carbons (Fsp3) is 0.417. The fourth-order valence-corrected chi connectivity index (χ4v) is 5.40. The summed E-state index contributed by atoms with van der Waals surface area (Å²) < 4.78 is 85.8. The third-order valence-electron chi connectivity index (χ3n) is 6.96. The topological polar surface area (TPSA) is 62.8 Å². The first kappa shape index (κ1) is 23.8. The summed E-state index contributed by atoms with van der Waals surface area (Å²) in [6.45, 7) is -0.382. The number of nitrogens with one attached hydrogen (secondary N) is 2. The van der Waals surface area contributed by atoms with Gasteiger partial charge in [-0.1, -0.05) is 30.3 Å². The molecule has 2 aliphatic rings. The molecule has 0 amide bonds. The second-order valence-electron chi connectivity index (χ2n) is 9.08. The third-order valence-corrected chi connectivity index (χ3v) is 6.96. The van der Waals surface area contributed by atoms with Gasteiger partial charge in [-0.25, -0.2) is 0 Å². The van der Waals surface area contributed by atoms with Gasteiger partial charge in [-0.05, 0) is 48.6 Å². The van der Waals surface area contributed by atoms with Crippen LogP contribution in [0.3, 0.4) is 0 Å². The predicted molar refractivity (Wildman–Crippen MR) is 113 cm³/mol. The van der Waals surface area contributed by atoms with E-state index in [1.54, 1.807) is 6.20 Å². The largest absolute Gasteiger partial charge is 0.416 e. The Morgan fingerprint density at radius 3 is 2.23 bits per heavy atom. The normalized spacial score (nSPS) is 26.7. The van der Waals surface area contributed by atoms with Gasteiger partial charge in [-0.3, -0.25) is 0 Å². The minimum absolute atomic E-state index is 0.0351. The van der Waals surface area contributed by atoms with E-state index in [1.807, 2.05) is 30.3 Å². The summed E-state index contributed by atoms with van der Waals surface area (Å²) in [4.78, 5) is 0. The summed E-state index contributed by atoms with van der Waals surface area (Å²) in [7, 11) is 0. The maximum atomic E-state index is 13.3. The lowest BCUT2D eigenvalue weighted by Gasteiger charge is -2.42. The van der Waals surface area contributed by atoms with Gasteiger partial charge in [0.1, 0.15) is 0 Å². The molecule has 3 aromatic rings. The van der Waals surface area contributed by atoms with Crippen LogP contribution in [0, 0.1) is 0 Å². The zero-order chi connectivity index (χ0) is 24.8. The van der Waals surface area contributed by atoms with Crippen molar-refractivity contribution in [3.63, 3.8) is 0 Å². The molecule has 186 valence electrons. The average molecular weight is 496 g/mol. The molecular formula is C24H22F6N4O. The van der Waals surface area contributed by atoms with Gasteiger partial charge in [0.25, 0.3) is 0 Å². The number of benzene rings is 2. The number of hydrogen-bond donors (Lipinski definition) is 2. The van der Waals surface area contributed by atoms with E-state index in [0.717, 1.165) is 23.4 Å². The number of rotatable bonds is 5. The molecule has 2 N–H and O–H groups in total. The number of ether oxygens (including phenoxy) is 1. The number of fused-ring (bicyclic) bond motifs is 2. The molecule has 0 spiro atoms. The van der Waals surface area contributed by atoms with Crippen molar-refractivity contribution >= 4 is 0 Å². The predicted octanol–water partition coefficient (Wildman–Crippen LogP) is 5.56. The highest BCUT2D eigenvalue weighted by molar-refractivity contribution is 5.35. The number of hydrogen-bond acceptors (Lipinski definition) is 4. The van der Waals surface area contributed by atoms with E-state index >= 15 is 0 Å². The van der Waals surface area contributed by atoms with Crippen LogP contribution >= 0.6 is 0 Å². The van der Waals surface area contributed by atoms with Gasteiger partial charge < -0.3 is 10.1 Å². The van der Waals surface area contributed by atoms with Crippen molar-refractivity contribution in [1.82, 2.24) is 20.7 Å². The zero-order valence-electron chi connectivity index (χ0n) is 18.3. The fourth-order valence-electron chi connectivity index (χ4n) is 5.40. The molecule has 2 aliphatic heterocycles. The van der Waals surface area contributed by atoms with Crippen LogP contribution in [0.25, 0.3) is 0 Å². The van der Waals surface area contributed by atoms with Crippen LogP contribution in [0.5, 0.6) is 0 Å². The Labute approximate surface area is 196 Å². The first-order chi connectivity index (χ1) is 16.6. The average Bonchev–Trinajstić information content (AvgIpc) is 3.45. The van der Waals surface area contributed by atoms with Crippen LogP contribution in [0.1, 0.15) is 53.1 Å². The Morgan fingerprint density at radius 1 is 0.943 bits per heavy atom. The van der Waals surface area contributed by atoms with Crippen LogP contribution in [0.15, 0.2) is 54.7 Å². The number of nitrogens with zero attached hydrogens (tertiary/aromatic N) is 2. The van der Waals surface area contributed by atoms with E-state index in [-0.39, 0.29) is 30.2 Å². The number of halogens is 6. The van der Waals surface area contributed by atoms with Crippen LogP contribution in [0.4, 0.5) is 26.3 Å². The quantitative estimate of drug-likeness (QED) is 0.454. The Balaban J connectivity index is 1.45. The van der Waals surface area contributed by atoms with E-state index in [9.17, 15) is 26.3 Å². The Bertz CT molecular complexity index is 1130. The van der Waals surface area contributed by atoms with Crippen molar-refractivity contribution in [2.75, 3.05) is 0 Å². The van der Waals surface area contributed by atoms with E-state index in [2.05, 4.69) is 20.7 Å². The Morgan fingerprint density at radius 2 is 1.63 bits per heavy atom. The van der Waals surface area contributed by atoms with Crippen LogP contribution in [0.2, 0.25) is 0 Å². The third kappa shape index (κ3) is 4.54. The Hall–Kier alpha value is -2.92. The maximum Gasteiger partial charge on any atom is 0.416 e. The number of aromatic nitrogens is 3. The molecule has 4 atom stereocenters. The summed E-state index contributed by atoms with van der Waals surface area (Å²) in [5, 5.41) is 14.4. The smallest absolute Gasteiger partial charge is 0.371 e. The van der Waals surface area contributed by atoms with Crippen LogP contribution in [-0.4, -0.2) is 27.6 Å². The van der Waals surface area contributed by atoms with E-state index in [1.165, 1.54) is 0 Å². The number of alkyl halides is 6. The number of piperidine rings is 1. The van der Waals surface area contributed by atoms with Gasteiger partial charge in [-0.2, -0.15) is 41.8 Å². The highest BCUT2D eigenvalue weighted by Gasteiger charge is 2.55. The molecule has 2 bridgehead atoms. The van der Waals surface area contributed by atoms with Gasteiger partial charge in [0.05, 0.1) is 41.3 Å². The molecule has 2 fully saturated rings. The molecule has 5 rings (SSSR count). The lowest BCUT2D eigenvalue weighted by molar-refractivity contribution is -0.143. The van der Waals surface area contributed by atoms with Crippen molar-refractivity contribution in [3.8, 4) is 0 Å². The molecule has 0 radical (unpaired) electrons. The maximum absolute atomic E-state index is 13.3. The van der Waals surface area contributed by atoms with E-state index in [4.69, 9.17) is 4.74 Å². The SMILES string of the molecule is FC(F)(F)c1cc(COC2CCC3NC2(c2ccccc2)CC3c2cn[nH]n2)cc(C(F)(F)F)c1. The molecule has 2 saturated heterocycles. The second-order valence-corrected chi connectivity index (χ2v) is 9.08. The lowest BCUT2D eigenvalue weighted by Crippen LogP contribution is -2.54. The summed E-state index contributed by atoms with van der Waals surface area (Å²) in [5.74, 6) is 0.0351. The van der Waals surface area contributed by atoms with Gasteiger partial charge >= 0.3 is 12.4 Å². The second kappa shape index (κ2) is 8.63.